The average Bonchev–Trinajstić information content (AvgIpc) is 2.47. The maximum atomic E-state index is 11.2. The van der Waals surface area contributed by atoms with Crippen molar-refractivity contribution < 1.29 is 17.9 Å². The van der Waals surface area contributed by atoms with Gasteiger partial charge in [0.15, 0.2) is 5.96 Å². The van der Waals surface area contributed by atoms with Gasteiger partial charge in [-0.3, -0.25) is 9.79 Å². The van der Waals surface area contributed by atoms with E-state index in [1.165, 1.54) is 13.4 Å². The van der Waals surface area contributed by atoms with Crippen LogP contribution in [0.4, 0.5) is 0 Å². The number of carbonyl (C=O) groups excluding carboxylic acids is 1. The van der Waals surface area contributed by atoms with Crippen LogP contribution in [-0.2, 0) is 19.4 Å². The molecule has 0 spiro atoms. The Labute approximate surface area is 163 Å². The second-order valence-electron chi connectivity index (χ2n) is 5.61. The molecule has 2 N–H and O–H groups in total. The van der Waals surface area contributed by atoms with E-state index >= 15 is 0 Å². The van der Waals surface area contributed by atoms with Crippen molar-refractivity contribution >= 4 is 45.7 Å². The first-order valence-electron chi connectivity index (χ1n) is 8.08. The SMILES string of the molecule is CCNC(=NCCCCCC(=O)OC)NC(C)CCS(C)(=O)=O.I. The second-order valence-corrected chi connectivity index (χ2v) is 7.87. The van der Waals surface area contributed by atoms with Crippen LogP contribution in [0.15, 0.2) is 4.99 Å². The van der Waals surface area contributed by atoms with E-state index < -0.39 is 9.84 Å². The van der Waals surface area contributed by atoms with Crippen molar-refractivity contribution in [1.29, 1.82) is 0 Å². The van der Waals surface area contributed by atoms with Crippen LogP contribution in [0.25, 0.3) is 0 Å². The Morgan fingerprint density at radius 1 is 1.25 bits per heavy atom. The summed E-state index contributed by atoms with van der Waals surface area (Å²) in [4.78, 5) is 15.4. The predicted octanol–water partition coefficient (Wildman–Crippen LogP) is 1.72. The molecule has 1 unspecified atom stereocenters. The molecule has 0 aromatic heterocycles. The summed E-state index contributed by atoms with van der Waals surface area (Å²) in [7, 11) is -1.55. The first kappa shape index (κ1) is 25.7. The molecule has 0 saturated heterocycles. The van der Waals surface area contributed by atoms with Gasteiger partial charge >= 0.3 is 5.97 Å². The number of nitrogens with zero attached hydrogens (tertiary/aromatic N) is 1. The molecule has 0 bridgehead atoms. The Balaban J connectivity index is 0. The van der Waals surface area contributed by atoms with Crippen LogP contribution in [0.5, 0.6) is 0 Å². The zero-order valence-electron chi connectivity index (χ0n) is 15.1. The fourth-order valence-corrected chi connectivity index (χ4v) is 2.65. The summed E-state index contributed by atoms with van der Waals surface area (Å²) in [5.41, 5.74) is 0. The highest BCUT2D eigenvalue weighted by molar-refractivity contribution is 14.0. The number of guanidine groups is 1. The van der Waals surface area contributed by atoms with Gasteiger partial charge in [0.2, 0.25) is 0 Å². The summed E-state index contributed by atoms with van der Waals surface area (Å²) in [6, 6.07) is 0.0295. The normalized spacial score (nSPS) is 12.9. The molecule has 0 rings (SSSR count). The average molecular weight is 477 g/mol. The first-order chi connectivity index (χ1) is 10.8. The van der Waals surface area contributed by atoms with Gasteiger partial charge in [0, 0.05) is 31.8 Å². The third-order valence-electron chi connectivity index (χ3n) is 3.19. The Bertz CT molecular complexity index is 469. The third-order valence-corrected chi connectivity index (χ3v) is 4.16. The highest BCUT2D eigenvalue weighted by Gasteiger charge is 2.09. The van der Waals surface area contributed by atoms with E-state index in [4.69, 9.17) is 0 Å². The van der Waals surface area contributed by atoms with Crippen molar-refractivity contribution in [3.05, 3.63) is 0 Å². The molecule has 1 atom stereocenters. The number of carbonyl (C=O) groups is 1. The minimum absolute atomic E-state index is 0. The zero-order chi connectivity index (χ0) is 17.7. The molecule has 0 fully saturated rings. The smallest absolute Gasteiger partial charge is 0.305 e. The van der Waals surface area contributed by atoms with Crippen LogP contribution in [0, 0.1) is 0 Å². The Morgan fingerprint density at radius 2 is 1.92 bits per heavy atom. The van der Waals surface area contributed by atoms with Crippen LogP contribution < -0.4 is 10.6 Å². The van der Waals surface area contributed by atoms with Crippen molar-refractivity contribution in [1.82, 2.24) is 10.6 Å². The van der Waals surface area contributed by atoms with Crippen LogP contribution in [0.1, 0.15) is 46.0 Å². The van der Waals surface area contributed by atoms with Crippen LogP contribution in [-0.4, -0.2) is 58.6 Å². The zero-order valence-corrected chi connectivity index (χ0v) is 18.3. The van der Waals surface area contributed by atoms with Crippen molar-refractivity contribution in [2.24, 2.45) is 4.99 Å². The molecule has 7 nitrogen and oxygen atoms in total. The molecule has 24 heavy (non-hydrogen) atoms. The molecule has 0 saturated carbocycles. The summed E-state index contributed by atoms with van der Waals surface area (Å²) in [6.45, 7) is 5.32. The maximum absolute atomic E-state index is 11.2. The van der Waals surface area contributed by atoms with Crippen LogP contribution in [0.3, 0.4) is 0 Å². The van der Waals surface area contributed by atoms with E-state index in [0.29, 0.717) is 25.3 Å². The number of esters is 1. The minimum atomic E-state index is -2.94. The number of hydrogen-bond donors (Lipinski definition) is 2. The number of rotatable bonds is 11. The van der Waals surface area contributed by atoms with E-state index in [1.54, 1.807) is 0 Å². The Morgan fingerprint density at radius 3 is 2.46 bits per heavy atom. The number of hydrogen-bond acceptors (Lipinski definition) is 5. The molecule has 0 aromatic carbocycles. The molecular weight excluding hydrogens is 445 g/mol. The standard InChI is InChI=1S/C15H31N3O4S.HI/c1-5-16-15(18-13(2)10-12-23(4,20)21)17-11-8-6-7-9-14(19)22-3;/h13H,5-12H2,1-4H3,(H2,16,17,18);1H. The van der Waals surface area contributed by atoms with Crippen LogP contribution >= 0.6 is 24.0 Å². The summed E-state index contributed by atoms with van der Waals surface area (Å²) in [5, 5.41) is 6.35. The number of ether oxygens (including phenoxy) is 1. The van der Waals surface area contributed by atoms with Gasteiger partial charge in [0.1, 0.15) is 9.84 Å². The third kappa shape index (κ3) is 16.3. The number of halogens is 1. The topological polar surface area (TPSA) is 96.9 Å². The van der Waals surface area contributed by atoms with Crippen molar-refractivity contribution in [2.45, 2.75) is 52.0 Å². The fourth-order valence-electron chi connectivity index (χ4n) is 1.87. The molecule has 0 heterocycles. The van der Waals surface area contributed by atoms with Gasteiger partial charge in [-0.2, -0.15) is 0 Å². The van der Waals surface area contributed by atoms with Crippen molar-refractivity contribution in [3.8, 4) is 0 Å². The molecule has 144 valence electrons. The van der Waals surface area contributed by atoms with E-state index in [-0.39, 0.29) is 41.7 Å². The lowest BCUT2D eigenvalue weighted by Gasteiger charge is -2.17. The number of unbranched alkanes of at least 4 members (excludes halogenated alkanes) is 2. The lowest BCUT2D eigenvalue weighted by atomic mass is 10.2. The molecule has 0 aliphatic heterocycles. The van der Waals surface area contributed by atoms with Gasteiger partial charge in [0.25, 0.3) is 0 Å². The highest BCUT2D eigenvalue weighted by Crippen LogP contribution is 2.01. The summed E-state index contributed by atoms with van der Waals surface area (Å²) in [6.07, 6.45) is 4.85. The fraction of sp³-hybridized carbons (Fsp3) is 0.867. The summed E-state index contributed by atoms with van der Waals surface area (Å²) in [5.74, 6) is 0.679. The molecule has 0 aromatic rings. The molecule has 0 aliphatic rings. The lowest BCUT2D eigenvalue weighted by molar-refractivity contribution is -0.140. The van der Waals surface area contributed by atoms with E-state index in [9.17, 15) is 13.2 Å². The lowest BCUT2D eigenvalue weighted by Crippen LogP contribution is -2.42. The van der Waals surface area contributed by atoms with Gasteiger partial charge in [-0.15, -0.1) is 24.0 Å². The molecule has 0 amide bonds. The second kappa shape index (κ2) is 14.7. The largest absolute Gasteiger partial charge is 0.469 e. The molecule has 9 heteroatoms. The Hall–Kier alpha value is -0.580. The predicted molar refractivity (Wildman–Crippen MR) is 109 cm³/mol. The number of sulfone groups is 1. The quantitative estimate of drug-likeness (QED) is 0.155. The number of aliphatic imine (C=N–C) groups is 1. The van der Waals surface area contributed by atoms with E-state index in [0.717, 1.165) is 25.8 Å². The van der Waals surface area contributed by atoms with Crippen LogP contribution in [0.2, 0.25) is 0 Å². The summed E-state index contributed by atoms with van der Waals surface area (Å²) >= 11 is 0. The molecule has 0 radical (unpaired) electrons. The Kier molecular flexibility index (Phi) is 15.8. The minimum Gasteiger partial charge on any atom is -0.469 e. The van der Waals surface area contributed by atoms with E-state index in [2.05, 4.69) is 20.4 Å². The summed E-state index contributed by atoms with van der Waals surface area (Å²) < 4.78 is 27.0. The molecule has 0 aliphatic carbocycles. The highest BCUT2D eigenvalue weighted by atomic mass is 127. The first-order valence-corrected chi connectivity index (χ1v) is 10.1. The molecular formula is C15H32IN3O4S. The number of methoxy groups -OCH3 is 1. The monoisotopic (exact) mass is 477 g/mol. The van der Waals surface area contributed by atoms with Crippen molar-refractivity contribution in [2.75, 3.05) is 32.2 Å². The van der Waals surface area contributed by atoms with E-state index in [1.807, 2.05) is 13.8 Å². The van der Waals surface area contributed by atoms with Crippen molar-refractivity contribution in [3.63, 3.8) is 0 Å². The van der Waals surface area contributed by atoms with Gasteiger partial charge in [0.05, 0.1) is 12.9 Å². The van der Waals surface area contributed by atoms with Gasteiger partial charge in [-0.25, -0.2) is 8.42 Å². The van der Waals surface area contributed by atoms with Gasteiger partial charge in [-0.05, 0) is 33.1 Å². The number of nitrogens with one attached hydrogen (secondary N) is 2. The maximum Gasteiger partial charge on any atom is 0.305 e. The van der Waals surface area contributed by atoms with Gasteiger partial charge < -0.3 is 15.4 Å². The van der Waals surface area contributed by atoms with Gasteiger partial charge in [-0.1, -0.05) is 6.42 Å².